The van der Waals surface area contributed by atoms with Crippen LogP contribution in [-0.4, -0.2) is 59.1 Å². The molecule has 0 atom stereocenters. The Hall–Kier alpha value is -3.76. The van der Waals surface area contributed by atoms with Gasteiger partial charge in [0, 0.05) is 17.3 Å². The zero-order valence-electron chi connectivity index (χ0n) is 22.0. The van der Waals surface area contributed by atoms with Crippen molar-refractivity contribution < 1.29 is 14.3 Å². The molecule has 0 bridgehead atoms. The third-order valence-corrected chi connectivity index (χ3v) is 7.82. The summed E-state index contributed by atoms with van der Waals surface area (Å²) >= 11 is 1.25. The number of nitrogens with zero attached hydrogens (tertiary/aromatic N) is 4. The SMILES string of the molecule is COc1ncccc1-c1c(C(N)=O)sc2cnc(Nc3ccc(C4CCN(C)CC4)cc3OC(C)C)nc12. The van der Waals surface area contributed by atoms with E-state index in [0.29, 0.717) is 39.3 Å². The number of ether oxygens (including phenoxy) is 2. The number of anilines is 2. The molecule has 38 heavy (non-hydrogen) atoms. The van der Waals surface area contributed by atoms with E-state index in [1.54, 1.807) is 18.5 Å². The molecule has 1 aliphatic rings. The number of aromatic nitrogens is 3. The average Bonchev–Trinajstić information content (AvgIpc) is 3.29. The molecule has 9 nitrogen and oxygen atoms in total. The van der Waals surface area contributed by atoms with Gasteiger partial charge in [-0.05, 0) is 82.6 Å². The molecule has 4 heterocycles. The van der Waals surface area contributed by atoms with E-state index in [0.717, 1.165) is 42.1 Å². The maximum atomic E-state index is 12.4. The van der Waals surface area contributed by atoms with Gasteiger partial charge < -0.3 is 25.4 Å². The topological polar surface area (TPSA) is 115 Å². The van der Waals surface area contributed by atoms with E-state index < -0.39 is 5.91 Å². The summed E-state index contributed by atoms with van der Waals surface area (Å²) in [6, 6.07) is 9.95. The van der Waals surface area contributed by atoms with Crippen LogP contribution in [0.3, 0.4) is 0 Å². The summed E-state index contributed by atoms with van der Waals surface area (Å²) in [4.78, 5) is 28.7. The normalized spacial score (nSPS) is 14.7. The second-order valence-corrected chi connectivity index (χ2v) is 10.8. The number of nitrogens with one attached hydrogen (secondary N) is 1. The molecule has 5 rings (SSSR count). The fraction of sp³-hybridized carbons (Fsp3) is 0.357. The van der Waals surface area contributed by atoms with Crippen LogP contribution in [0.4, 0.5) is 11.6 Å². The molecule has 1 amide bonds. The number of carbonyl (C=O) groups is 1. The average molecular weight is 533 g/mol. The predicted molar refractivity (Wildman–Crippen MR) is 151 cm³/mol. The number of fused-ring (bicyclic) bond motifs is 1. The van der Waals surface area contributed by atoms with Crippen LogP contribution in [0.25, 0.3) is 21.3 Å². The van der Waals surface area contributed by atoms with Crippen LogP contribution >= 0.6 is 11.3 Å². The van der Waals surface area contributed by atoms with Gasteiger partial charge in [0.25, 0.3) is 5.91 Å². The van der Waals surface area contributed by atoms with Crippen molar-refractivity contribution in [2.75, 3.05) is 32.6 Å². The number of primary amides is 1. The van der Waals surface area contributed by atoms with Crippen molar-refractivity contribution in [2.45, 2.75) is 38.7 Å². The molecule has 10 heteroatoms. The number of amides is 1. The van der Waals surface area contributed by atoms with Gasteiger partial charge in [-0.25, -0.2) is 15.0 Å². The third-order valence-electron chi connectivity index (χ3n) is 6.69. The van der Waals surface area contributed by atoms with Crippen LogP contribution < -0.4 is 20.5 Å². The molecule has 0 unspecified atom stereocenters. The molecule has 1 saturated heterocycles. The number of hydrogen-bond donors (Lipinski definition) is 2. The van der Waals surface area contributed by atoms with E-state index in [-0.39, 0.29) is 6.10 Å². The summed E-state index contributed by atoms with van der Waals surface area (Å²) in [5.41, 5.74) is 9.64. The summed E-state index contributed by atoms with van der Waals surface area (Å²) in [5.74, 6) is 1.51. The Morgan fingerprint density at radius 1 is 1.21 bits per heavy atom. The Bertz CT molecular complexity index is 1460. The van der Waals surface area contributed by atoms with E-state index in [9.17, 15) is 4.79 Å². The third kappa shape index (κ3) is 5.27. The monoisotopic (exact) mass is 532 g/mol. The summed E-state index contributed by atoms with van der Waals surface area (Å²) in [5, 5.41) is 3.34. The first-order chi connectivity index (χ1) is 18.3. The number of benzene rings is 1. The van der Waals surface area contributed by atoms with Gasteiger partial charge in [0.2, 0.25) is 11.8 Å². The Labute approximate surface area is 226 Å². The number of methoxy groups -OCH3 is 1. The van der Waals surface area contributed by atoms with Gasteiger partial charge in [-0.1, -0.05) is 6.07 Å². The first kappa shape index (κ1) is 25.9. The molecule has 198 valence electrons. The number of thiophene rings is 1. The lowest BCUT2D eigenvalue weighted by atomic mass is 9.89. The molecule has 0 aliphatic carbocycles. The predicted octanol–water partition coefficient (Wildman–Crippen LogP) is 5.20. The maximum Gasteiger partial charge on any atom is 0.259 e. The van der Waals surface area contributed by atoms with Crippen LogP contribution in [0.1, 0.15) is 47.8 Å². The number of likely N-dealkylation sites (tertiary alicyclic amines) is 1. The van der Waals surface area contributed by atoms with Crippen LogP contribution in [0, 0.1) is 0 Å². The largest absolute Gasteiger partial charge is 0.489 e. The minimum atomic E-state index is -0.541. The van der Waals surface area contributed by atoms with Crippen molar-refractivity contribution >= 4 is 39.1 Å². The van der Waals surface area contributed by atoms with Gasteiger partial charge in [0.1, 0.15) is 10.6 Å². The first-order valence-corrected chi connectivity index (χ1v) is 13.5. The zero-order valence-corrected chi connectivity index (χ0v) is 22.8. The first-order valence-electron chi connectivity index (χ1n) is 12.7. The van der Waals surface area contributed by atoms with Gasteiger partial charge in [-0.2, -0.15) is 0 Å². The van der Waals surface area contributed by atoms with Crippen molar-refractivity contribution in [3.8, 4) is 22.8 Å². The molecule has 1 fully saturated rings. The quantitative estimate of drug-likeness (QED) is 0.318. The summed E-state index contributed by atoms with van der Waals surface area (Å²) in [6.45, 7) is 6.21. The Morgan fingerprint density at radius 2 is 2.00 bits per heavy atom. The molecule has 3 aromatic heterocycles. The number of carbonyl (C=O) groups excluding carboxylic acids is 1. The Kier molecular flexibility index (Phi) is 7.44. The van der Waals surface area contributed by atoms with Gasteiger partial charge >= 0.3 is 0 Å². The second-order valence-electron chi connectivity index (χ2n) is 9.76. The standard InChI is InChI=1S/C28H32N6O3S/c1-16(2)37-21-14-18(17-9-12-34(3)13-10-17)7-8-20(21)32-28-31-15-22-24(33-28)23(25(38-22)26(29)35)19-6-5-11-30-27(19)36-4/h5-8,11,14-17H,9-10,12-13H2,1-4H3,(H2,29,35)(H,31,32,33). The molecule has 4 aromatic rings. The van der Waals surface area contributed by atoms with Crippen LogP contribution in [0.2, 0.25) is 0 Å². The molecule has 0 saturated carbocycles. The zero-order chi connectivity index (χ0) is 26.8. The number of nitrogens with two attached hydrogens (primary N) is 1. The van der Waals surface area contributed by atoms with Gasteiger partial charge in [0.15, 0.2) is 0 Å². The highest BCUT2D eigenvalue weighted by atomic mass is 32.1. The van der Waals surface area contributed by atoms with Crippen molar-refractivity contribution in [3.05, 3.63) is 53.2 Å². The second kappa shape index (κ2) is 10.9. The lowest BCUT2D eigenvalue weighted by Crippen LogP contribution is -2.29. The smallest absolute Gasteiger partial charge is 0.259 e. The minimum absolute atomic E-state index is 0.00587. The number of hydrogen-bond acceptors (Lipinski definition) is 9. The van der Waals surface area contributed by atoms with Gasteiger partial charge in [0.05, 0.1) is 35.3 Å². The maximum absolute atomic E-state index is 12.4. The molecule has 1 aromatic carbocycles. The minimum Gasteiger partial charge on any atom is -0.489 e. The van der Waals surface area contributed by atoms with E-state index in [1.165, 1.54) is 24.0 Å². The van der Waals surface area contributed by atoms with Crippen molar-refractivity contribution in [1.29, 1.82) is 0 Å². The Balaban J connectivity index is 1.54. The van der Waals surface area contributed by atoms with Crippen molar-refractivity contribution in [1.82, 2.24) is 19.9 Å². The summed E-state index contributed by atoms with van der Waals surface area (Å²) in [7, 11) is 3.71. The number of rotatable bonds is 8. The molecular weight excluding hydrogens is 500 g/mol. The van der Waals surface area contributed by atoms with Gasteiger partial charge in [-0.3, -0.25) is 4.79 Å². The fourth-order valence-electron chi connectivity index (χ4n) is 4.83. The Morgan fingerprint density at radius 3 is 2.71 bits per heavy atom. The highest BCUT2D eigenvalue weighted by Crippen LogP contribution is 2.41. The fourth-order valence-corrected chi connectivity index (χ4v) is 5.81. The molecule has 0 radical (unpaired) electrons. The van der Waals surface area contributed by atoms with E-state index in [1.807, 2.05) is 26.0 Å². The summed E-state index contributed by atoms with van der Waals surface area (Å²) in [6.07, 6.45) is 5.60. The van der Waals surface area contributed by atoms with Crippen molar-refractivity contribution in [3.63, 3.8) is 0 Å². The van der Waals surface area contributed by atoms with Crippen LogP contribution in [0.15, 0.2) is 42.7 Å². The van der Waals surface area contributed by atoms with E-state index in [4.69, 9.17) is 20.2 Å². The lowest BCUT2D eigenvalue weighted by Gasteiger charge is -2.29. The van der Waals surface area contributed by atoms with E-state index in [2.05, 4.69) is 39.4 Å². The molecule has 3 N–H and O–H groups in total. The van der Waals surface area contributed by atoms with Crippen molar-refractivity contribution in [2.24, 2.45) is 5.73 Å². The highest BCUT2D eigenvalue weighted by Gasteiger charge is 2.24. The lowest BCUT2D eigenvalue weighted by molar-refractivity contribution is 0.100. The molecular formula is C28H32N6O3S. The summed E-state index contributed by atoms with van der Waals surface area (Å²) < 4.78 is 12.4. The molecule has 0 spiro atoms. The number of pyridine rings is 1. The highest BCUT2D eigenvalue weighted by molar-refractivity contribution is 7.21. The molecule has 1 aliphatic heterocycles. The van der Waals surface area contributed by atoms with Crippen LogP contribution in [-0.2, 0) is 0 Å². The van der Waals surface area contributed by atoms with Crippen LogP contribution in [0.5, 0.6) is 11.6 Å². The van der Waals surface area contributed by atoms with Gasteiger partial charge in [-0.15, -0.1) is 11.3 Å². The number of piperidine rings is 1. The van der Waals surface area contributed by atoms with E-state index >= 15 is 0 Å².